The third kappa shape index (κ3) is 3.37. The Hall–Kier alpha value is -0.710. The monoisotopic (exact) mass is 313 g/mol. The van der Waals surface area contributed by atoms with Gasteiger partial charge in [-0.15, -0.1) is 0 Å². The minimum Gasteiger partial charge on any atom is -0.324 e. The molecule has 2 N–H and O–H groups in total. The van der Waals surface area contributed by atoms with Crippen molar-refractivity contribution < 1.29 is 4.39 Å². The average Bonchev–Trinajstić information content (AvgIpc) is 2.82. The molecule has 0 fully saturated rings. The van der Waals surface area contributed by atoms with Crippen LogP contribution in [-0.4, -0.2) is 0 Å². The van der Waals surface area contributed by atoms with E-state index in [2.05, 4.69) is 32.8 Å². The predicted molar refractivity (Wildman–Crippen MR) is 73.7 cm³/mol. The van der Waals surface area contributed by atoms with Crippen molar-refractivity contribution in [3.8, 4) is 0 Å². The number of aryl methyl sites for hydroxylation is 1. The summed E-state index contributed by atoms with van der Waals surface area (Å²) in [5.41, 5.74) is 8.37. The Morgan fingerprint density at radius 3 is 2.82 bits per heavy atom. The fourth-order valence-electron chi connectivity index (χ4n) is 1.67. The lowest BCUT2D eigenvalue weighted by atomic mass is 10.0. The van der Waals surface area contributed by atoms with Crippen LogP contribution in [0.2, 0.25) is 0 Å². The second-order valence-electron chi connectivity index (χ2n) is 3.95. The van der Waals surface area contributed by atoms with Gasteiger partial charge in [0, 0.05) is 6.04 Å². The summed E-state index contributed by atoms with van der Waals surface area (Å²) in [4.78, 5) is 0. The number of thiophene rings is 1. The maximum Gasteiger partial charge on any atom is 0.137 e. The molecule has 1 aromatic heterocycles. The molecule has 1 aromatic carbocycles. The van der Waals surface area contributed by atoms with Crippen molar-refractivity contribution in [2.45, 2.75) is 18.9 Å². The molecule has 1 heterocycles. The van der Waals surface area contributed by atoms with E-state index in [1.54, 1.807) is 23.5 Å². The maximum atomic E-state index is 13.1. The molecule has 0 saturated carbocycles. The molecule has 0 spiro atoms. The van der Waals surface area contributed by atoms with Gasteiger partial charge in [-0.05, 0) is 68.9 Å². The second-order valence-corrected chi connectivity index (χ2v) is 5.58. The molecule has 0 aliphatic rings. The summed E-state index contributed by atoms with van der Waals surface area (Å²) in [6.45, 7) is 0. The molecule has 90 valence electrons. The first-order chi connectivity index (χ1) is 8.16. The largest absolute Gasteiger partial charge is 0.324 e. The average molecular weight is 314 g/mol. The zero-order valence-corrected chi connectivity index (χ0v) is 11.6. The molecule has 0 aliphatic heterocycles. The van der Waals surface area contributed by atoms with Crippen molar-refractivity contribution in [2.24, 2.45) is 5.73 Å². The zero-order chi connectivity index (χ0) is 12.3. The molecule has 0 aliphatic carbocycles. The molecule has 0 radical (unpaired) electrons. The molecule has 1 atom stereocenters. The summed E-state index contributed by atoms with van der Waals surface area (Å²) in [5, 5.41) is 4.20. The highest BCUT2D eigenvalue weighted by Gasteiger charge is 2.08. The summed E-state index contributed by atoms with van der Waals surface area (Å²) in [7, 11) is 0. The number of benzene rings is 1. The van der Waals surface area contributed by atoms with Crippen LogP contribution in [0.15, 0.2) is 39.5 Å². The van der Waals surface area contributed by atoms with Gasteiger partial charge >= 0.3 is 0 Å². The summed E-state index contributed by atoms with van der Waals surface area (Å²) < 4.78 is 13.6. The van der Waals surface area contributed by atoms with Gasteiger partial charge in [0.25, 0.3) is 0 Å². The molecule has 2 aromatic rings. The van der Waals surface area contributed by atoms with Crippen molar-refractivity contribution in [2.75, 3.05) is 0 Å². The third-order valence-electron chi connectivity index (χ3n) is 2.70. The molecule has 0 saturated heterocycles. The van der Waals surface area contributed by atoms with Crippen LogP contribution in [0.4, 0.5) is 4.39 Å². The van der Waals surface area contributed by atoms with Gasteiger partial charge in [0.05, 0.1) is 4.47 Å². The van der Waals surface area contributed by atoms with Gasteiger partial charge in [-0.25, -0.2) is 4.39 Å². The zero-order valence-electron chi connectivity index (χ0n) is 9.20. The Morgan fingerprint density at radius 1 is 1.35 bits per heavy atom. The molecule has 4 heteroatoms. The lowest BCUT2D eigenvalue weighted by Crippen LogP contribution is -2.11. The predicted octanol–water partition coefficient (Wildman–Crippen LogP) is 4.28. The van der Waals surface area contributed by atoms with E-state index in [1.165, 1.54) is 11.6 Å². The number of hydrogen-bond acceptors (Lipinski definition) is 2. The number of nitrogens with two attached hydrogens (primary N) is 1. The van der Waals surface area contributed by atoms with Crippen LogP contribution in [0.1, 0.15) is 23.6 Å². The highest BCUT2D eigenvalue weighted by molar-refractivity contribution is 9.10. The van der Waals surface area contributed by atoms with Crippen LogP contribution >= 0.6 is 27.3 Å². The smallest absolute Gasteiger partial charge is 0.137 e. The van der Waals surface area contributed by atoms with E-state index < -0.39 is 0 Å². The first-order valence-electron chi connectivity index (χ1n) is 5.38. The summed E-state index contributed by atoms with van der Waals surface area (Å²) in [6, 6.07) is 7.01. The van der Waals surface area contributed by atoms with E-state index in [4.69, 9.17) is 5.73 Å². The second kappa shape index (κ2) is 5.76. The normalized spacial score (nSPS) is 12.6. The molecular weight excluding hydrogens is 301 g/mol. The van der Waals surface area contributed by atoms with Crippen LogP contribution in [0.5, 0.6) is 0 Å². The van der Waals surface area contributed by atoms with E-state index in [1.807, 2.05) is 0 Å². The van der Waals surface area contributed by atoms with Crippen LogP contribution in [-0.2, 0) is 6.42 Å². The minimum absolute atomic E-state index is 0.0493. The standard InChI is InChI=1S/C13H13BrFNS/c14-11-7-10(2-3-12(11)15)13(16)4-1-9-5-6-17-8-9/h2-3,5-8,13H,1,4,16H2. The van der Waals surface area contributed by atoms with Crippen molar-refractivity contribution in [3.05, 3.63) is 56.4 Å². The van der Waals surface area contributed by atoms with Crippen LogP contribution in [0, 0.1) is 5.82 Å². The molecule has 1 unspecified atom stereocenters. The summed E-state index contributed by atoms with van der Waals surface area (Å²) in [6.07, 6.45) is 1.83. The van der Waals surface area contributed by atoms with Gasteiger partial charge in [0.2, 0.25) is 0 Å². The number of halogens is 2. The maximum absolute atomic E-state index is 13.1. The van der Waals surface area contributed by atoms with Crippen LogP contribution in [0.25, 0.3) is 0 Å². The van der Waals surface area contributed by atoms with Gasteiger partial charge in [-0.2, -0.15) is 11.3 Å². The highest BCUT2D eigenvalue weighted by atomic mass is 79.9. The lowest BCUT2D eigenvalue weighted by molar-refractivity contribution is 0.613. The van der Waals surface area contributed by atoms with Gasteiger partial charge in [-0.1, -0.05) is 6.07 Å². The molecule has 1 nitrogen and oxygen atoms in total. The Labute approximate surface area is 113 Å². The quantitative estimate of drug-likeness (QED) is 0.895. The Bertz CT molecular complexity index is 484. The van der Waals surface area contributed by atoms with Gasteiger partial charge in [-0.3, -0.25) is 0 Å². The first kappa shape index (κ1) is 12.7. The van der Waals surface area contributed by atoms with E-state index in [-0.39, 0.29) is 11.9 Å². The minimum atomic E-state index is -0.251. The fraction of sp³-hybridized carbons (Fsp3) is 0.231. The van der Waals surface area contributed by atoms with Gasteiger partial charge in [0.1, 0.15) is 5.82 Å². The molecular formula is C13H13BrFNS. The van der Waals surface area contributed by atoms with E-state index >= 15 is 0 Å². The van der Waals surface area contributed by atoms with Gasteiger partial charge < -0.3 is 5.73 Å². The fourth-order valence-corrected chi connectivity index (χ4v) is 2.77. The Balaban J connectivity index is 1.99. The lowest BCUT2D eigenvalue weighted by Gasteiger charge is -2.12. The molecule has 0 bridgehead atoms. The SMILES string of the molecule is NC(CCc1ccsc1)c1ccc(F)c(Br)c1. The number of rotatable bonds is 4. The van der Waals surface area contributed by atoms with Crippen molar-refractivity contribution in [1.82, 2.24) is 0 Å². The molecule has 17 heavy (non-hydrogen) atoms. The van der Waals surface area contributed by atoms with Gasteiger partial charge in [0.15, 0.2) is 0 Å². The molecule has 0 amide bonds. The topological polar surface area (TPSA) is 26.0 Å². The summed E-state index contributed by atoms with van der Waals surface area (Å²) >= 11 is 4.87. The number of hydrogen-bond donors (Lipinski definition) is 1. The Kier molecular flexibility index (Phi) is 4.31. The van der Waals surface area contributed by atoms with E-state index in [0.717, 1.165) is 18.4 Å². The van der Waals surface area contributed by atoms with E-state index in [0.29, 0.717) is 4.47 Å². The first-order valence-corrected chi connectivity index (χ1v) is 7.12. The van der Waals surface area contributed by atoms with Crippen LogP contribution < -0.4 is 5.73 Å². The van der Waals surface area contributed by atoms with Crippen LogP contribution in [0.3, 0.4) is 0 Å². The van der Waals surface area contributed by atoms with Crippen molar-refractivity contribution >= 4 is 27.3 Å². The van der Waals surface area contributed by atoms with E-state index in [9.17, 15) is 4.39 Å². The third-order valence-corrected chi connectivity index (χ3v) is 4.04. The van der Waals surface area contributed by atoms with Crippen molar-refractivity contribution in [1.29, 1.82) is 0 Å². The summed E-state index contributed by atoms with van der Waals surface area (Å²) in [5.74, 6) is -0.251. The Morgan fingerprint density at radius 2 is 2.18 bits per heavy atom. The highest BCUT2D eigenvalue weighted by Crippen LogP contribution is 2.23. The molecule has 2 rings (SSSR count). The van der Waals surface area contributed by atoms with Crippen molar-refractivity contribution in [3.63, 3.8) is 0 Å².